The van der Waals surface area contributed by atoms with Gasteiger partial charge in [-0.25, -0.2) is 4.79 Å². The molecular formula is C19H19ClN4O3. The molecule has 0 saturated carbocycles. The van der Waals surface area contributed by atoms with Crippen molar-refractivity contribution in [2.75, 3.05) is 44.2 Å². The highest BCUT2D eigenvalue weighted by molar-refractivity contribution is 6.30. The first kappa shape index (κ1) is 17.6. The normalized spacial score (nSPS) is 16.6. The van der Waals surface area contributed by atoms with Gasteiger partial charge in [0, 0.05) is 43.5 Å². The van der Waals surface area contributed by atoms with E-state index >= 15 is 0 Å². The third kappa shape index (κ3) is 3.55. The van der Waals surface area contributed by atoms with Crippen LogP contribution in [0.1, 0.15) is 10.5 Å². The number of anilines is 1. The van der Waals surface area contributed by atoms with Gasteiger partial charge in [0.2, 0.25) is 0 Å². The molecule has 2 aliphatic heterocycles. The molecule has 140 valence electrons. The highest BCUT2D eigenvalue weighted by Gasteiger charge is 2.31. The Hall–Kier alpha value is -2.80. The largest absolute Gasteiger partial charge is 0.489 e. The van der Waals surface area contributed by atoms with E-state index in [1.807, 2.05) is 0 Å². The molecule has 7 nitrogen and oxygen atoms in total. The van der Waals surface area contributed by atoms with Crippen LogP contribution in [0.3, 0.4) is 0 Å². The molecule has 27 heavy (non-hydrogen) atoms. The van der Waals surface area contributed by atoms with Gasteiger partial charge >= 0.3 is 6.03 Å². The zero-order valence-electron chi connectivity index (χ0n) is 14.7. The van der Waals surface area contributed by atoms with Gasteiger partial charge < -0.3 is 14.5 Å². The number of carbonyl (C=O) groups is 2. The van der Waals surface area contributed by atoms with E-state index in [4.69, 9.17) is 16.3 Å². The Morgan fingerprint density at radius 2 is 1.78 bits per heavy atom. The number of ether oxygens (including phenoxy) is 1. The third-order valence-electron chi connectivity index (χ3n) is 4.74. The molecule has 2 aliphatic rings. The summed E-state index contributed by atoms with van der Waals surface area (Å²) in [5.41, 5.74) is 1.15. The molecule has 4 rings (SSSR count). The van der Waals surface area contributed by atoms with E-state index < -0.39 is 0 Å². The second-order valence-electron chi connectivity index (χ2n) is 6.39. The number of amides is 3. The van der Waals surface area contributed by atoms with Gasteiger partial charge in [-0.2, -0.15) is 0 Å². The van der Waals surface area contributed by atoms with Crippen LogP contribution >= 0.6 is 11.6 Å². The van der Waals surface area contributed by atoms with Gasteiger partial charge in [0.25, 0.3) is 5.91 Å². The molecule has 8 heteroatoms. The summed E-state index contributed by atoms with van der Waals surface area (Å²) >= 11 is 6.01. The molecule has 0 bridgehead atoms. The van der Waals surface area contributed by atoms with E-state index in [-0.39, 0.29) is 11.9 Å². The summed E-state index contributed by atoms with van der Waals surface area (Å²) in [6.45, 7) is 2.85. The van der Waals surface area contributed by atoms with Crippen LogP contribution in [-0.4, -0.2) is 66.1 Å². The van der Waals surface area contributed by atoms with E-state index in [9.17, 15) is 9.59 Å². The van der Waals surface area contributed by atoms with Gasteiger partial charge in [-0.05, 0) is 24.3 Å². The van der Waals surface area contributed by atoms with E-state index in [1.165, 1.54) is 0 Å². The Morgan fingerprint density at radius 1 is 1.00 bits per heavy atom. The molecule has 0 radical (unpaired) electrons. The highest BCUT2D eigenvalue weighted by Crippen LogP contribution is 2.34. The summed E-state index contributed by atoms with van der Waals surface area (Å²) in [5.74, 6) is 0.514. The number of hydrogen-bond donors (Lipinski definition) is 0. The number of urea groups is 1. The van der Waals surface area contributed by atoms with Gasteiger partial charge in [-0.1, -0.05) is 17.7 Å². The summed E-state index contributed by atoms with van der Waals surface area (Å²) < 4.78 is 5.61. The maximum Gasteiger partial charge on any atom is 0.324 e. The number of hydrogen-bond acceptors (Lipinski definition) is 4. The van der Waals surface area contributed by atoms with Gasteiger partial charge in [-0.15, -0.1) is 0 Å². The predicted molar refractivity (Wildman–Crippen MR) is 101 cm³/mol. The molecule has 1 fully saturated rings. The van der Waals surface area contributed by atoms with Crippen molar-refractivity contribution < 1.29 is 14.3 Å². The maximum absolute atomic E-state index is 13.0. The predicted octanol–water partition coefficient (Wildman–Crippen LogP) is 2.51. The van der Waals surface area contributed by atoms with E-state index in [0.717, 1.165) is 5.69 Å². The van der Waals surface area contributed by atoms with Gasteiger partial charge in [0.05, 0.1) is 12.2 Å². The molecule has 0 atom stereocenters. The molecule has 1 aromatic carbocycles. The number of piperazine rings is 1. The van der Waals surface area contributed by atoms with Crippen LogP contribution in [-0.2, 0) is 0 Å². The lowest BCUT2D eigenvalue weighted by molar-refractivity contribution is 0.0662. The molecular weight excluding hydrogens is 368 g/mol. The number of aromatic nitrogens is 1. The number of rotatable bonds is 1. The van der Waals surface area contributed by atoms with Crippen molar-refractivity contribution in [3.8, 4) is 5.75 Å². The minimum Gasteiger partial charge on any atom is -0.489 e. The smallest absolute Gasteiger partial charge is 0.324 e. The van der Waals surface area contributed by atoms with E-state index in [0.29, 0.717) is 55.8 Å². The van der Waals surface area contributed by atoms with Crippen LogP contribution in [0.15, 0.2) is 42.6 Å². The summed E-state index contributed by atoms with van der Waals surface area (Å²) in [4.78, 5) is 34.8. The molecule has 1 aromatic heterocycles. The van der Waals surface area contributed by atoms with Crippen LogP contribution in [0.5, 0.6) is 5.75 Å². The molecule has 3 heterocycles. The molecule has 0 N–H and O–H groups in total. The van der Waals surface area contributed by atoms with Crippen molar-refractivity contribution in [3.05, 3.63) is 53.3 Å². The Labute approximate surface area is 162 Å². The van der Waals surface area contributed by atoms with Crippen molar-refractivity contribution in [1.82, 2.24) is 14.8 Å². The number of carbonyl (C=O) groups excluding carboxylic acids is 2. The number of nitrogens with zero attached hydrogens (tertiary/aromatic N) is 4. The fourth-order valence-corrected chi connectivity index (χ4v) is 3.48. The van der Waals surface area contributed by atoms with E-state index in [1.54, 1.807) is 57.3 Å². The molecule has 0 spiro atoms. The van der Waals surface area contributed by atoms with Crippen LogP contribution in [0.2, 0.25) is 5.02 Å². The minimum atomic E-state index is -0.103. The lowest BCUT2D eigenvalue weighted by atomic mass is 10.2. The Balaban J connectivity index is 1.42. The minimum absolute atomic E-state index is 0.0770. The standard InChI is InChI=1S/C19H19ClN4O3/c20-14-4-5-16-17(13-14)27-12-11-24(16)19(26)23-9-7-22(8-10-23)18(25)15-3-1-2-6-21-15/h1-6,13H,7-12H2. The Kier molecular flexibility index (Phi) is 4.85. The fourth-order valence-electron chi connectivity index (χ4n) is 3.32. The summed E-state index contributed by atoms with van der Waals surface area (Å²) in [5, 5.41) is 0.574. The number of benzene rings is 1. The van der Waals surface area contributed by atoms with Gasteiger partial charge in [-0.3, -0.25) is 14.7 Å². The third-order valence-corrected chi connectivity index (χ3v) is 4.97. The maximum atomic E-state index is 13.0. The SMILES string of the molecule is O=C(c1ccccn1)N1CCN(C(=O)N2CCOc3cc(Cl)ccc32)CC1. The van der Waals surface area contributed by atoms with Crippen molar-refractivity contribution >= 4 is 29.2 Å². The second-order valence-corrected chi connectivity index (χ2v) is 6.83. The molecule has 2 aromatic rings. The quantitative estimate of drug-likeness (QED) is 0.755. The zero-order chi connectivity index (χ0) is 18.8. The van der Waals surface area contributed by atoms with Crippen LogP contribution < -0.4 is 9.64 Å². The number of halogens is 1. The first-order valence-corrected chi connectivity index (χ1v) is 9.20. The summed E-state index contributed by atoms with van der Waals surface area (Å²) in [7, 11) is 0. The summed E-state index contributed by atoms with van der Waals surface area (Å²) in [6.07, 6.45) is 1.61. The van der Waals surface area contributed by atoms with E-state index in [2.05, 4.69) is 4.98 Å². The lowest BCUT2D eigenvalue weighted by Crippen LogP contribution is -2.55. The van der Waals surface area contributed by atoms with Crippen LogP contribution in [0.4, 0.5) is 10.5 Å². The monoisotopic (exact) mass is 386 g/mol. The number of pyridine rings is 1. The first-order valence-electron chi connectivity index (χ1n) is 8.82. The van der Waals surface area contributed by atoms with Crippen molar-refractivity contribution in [1.29, 1.82) is 0 Å². The van der Waals surface area contributed by atoms with Gasteiger partial charge in [0.1, 0.15) is 18.1 Å². The van der Waals surface area contributed by atoms with Crippen molar-refractivity contribution in [3.63, 3.8) is 0 Å². The molecule has 0 aliphatic carbocycles. The van der Waals surface area contributed by atoms with Crippen molar-refractivity contribution in [2.24, 2.45) is 0 Å². The van der Waals surface area contributed by atoms with Crippen molar-refractivity contribution in [2.45, 2.75) is 0 Å². The Morgan fingerprint density at radius 3 is 2.52 bits per heavy atom. The first-order chi connectivity index (χ1) is 13.1. The molecule has 0 unspecified atom stereocenters. The Bertz CT molecular complexity index is 853. The topological polar surface area (TPSA) is 66.0 Å². The molecule has 3 amide bonds. The fraction of sp³-hybridized carbons (Fsp3) is 0.316. The lowest BCUT2D eigenvalue weighted by Gasteiger charge is -2.38. The highest BCUT2D eigenvalue weighted by atomic mass is 35.5. The van der Waals surface area contributed by atoms with Crippen LogP contribution in [0, 0.1) is 0 Å². The molecule has 1 saturated heterocycles. The average molecular weight is 387 g/mol. The van der Waals surface area contributed by atoms with Crippen LogP contribution in [0.25, 0.3) is 0 Å². The summed E-state index contributed by atoms with van der Waals surface area (Å²) in [6, 6.07) is 10.5. The number of fused-ring (bicyclic) bond motifs is 1. The average Bonchev–Trinajstić information content (AvgIpc) is 2.73. The van der Waals surface area contributed by atoms with Gasteiger partial charge in [0.15, 0.2) is 0 Å². The second kappa shape index (κ2) is 7.44. The zero-order valence-corrected chi connectivity index (χ0v) is 15.4.